The Morgan fingerprint density at radius 1 is 1.48 bits per heavy atom. The van der Waals surface area contributed by atoms with Crippen LogP contribution in [0.5, 0.6) is 0 Å². The molecule has 7 nitrogen and oxygen atoms in total. The normalized spacial score (nSPS) is 18.0. The molecule has 110 valence electrons. The van der Waals surface area contributed by atoms with E-state index in [0.717, 1.165) is 31.5 Å². The minimum absolute atomic E-state index is 0.0249. The molecule has 0 aliphatic carbocycles. The number of likely N-dealkylation sites (tertiary alicyclic amines) is 1. The van der Waals surface area contributed by atoms with Crippen LogP contribution in [-0.2, 0) is 6.42 Å². The highest BCUT2D eigenvalue weighted by molar-refractivity contribution is 5.74. The molecular weight excluding hydrogens is 270 g/mol. The largest absolute Gasteiger partial charge is 0.341 e. The first-order valence-electron chi connectivity index (χ1n) is 6.96. The van der Waals surface area contributed by atoms with Gasteiger partial charge in [-0.3, -0.25) is 4.98 Å². The van der Waals surface area contributed by atoms with E-state index in [4.69, 9.17) is 4.52 Å². The van der Waals surface area contributed by atoms with Crippen molar-refractivity contribution < 1.29 is 9.32 Å². The molecular formula is C14H17N5O2. The van der Waals surface area contributed by atoms with Gasteiger partial charge in [0.15, 0.2) is 5.82 Å². The van der Waals surface area contributed by atoms with E-state index in [1.54, 1.807) is 19.4 Å². The van der Waals surface area contributed by atoms with Gasteiger partial charge in [-0.05, 0) is 24.5 Å². The lowest BCUT2D eigenvalue weighted by Gasteiger charge is -2.14. The van der Waals surface area contributed by atoms with Gasteiger partial charge in [0, 0.05) is 44.5 Å². The molecule has 2 amide bonds. The Bertz CT molecular complexity index is 613. The van der Waals surface area contributed by atoms with E-state index in [2.05, 4.69) is 20.4 Å². The second-order valence-electron chi connectivity index (χ2n) is 5.11. The summed E-state index contributed by atoms with van der Waals surface area (Å²) in [6.07, 6.45) is 5.07. The Balaban J connectivity index is 1.62. The summed E-state index contributed by atoms with van der Waals surface area (Å²) in [5, 5.41) is 6.67. The highest BCUT2D eigenvalue weighted by atomic mass is 16.5. The van der Waals surface area contributed by atoms with E-state index in [9.17, 15) is 4.79 Å². The van der Waals surface area contributed by atoms with Gasteiger partial charge >= 0.3 is 6.03 Å². The summed E-state index contributed by atoms with van der Waals surface area (Å²) in [7, 11) is 1.65. The van der Waals surface area contributed by atoms with Crippen LogP contribution in [-0.4, -0.2) is 46.2 Å². The number of nitrogens with one attached hydrogen (secondary N) is 1. The monoisotopic (exact) mass is 287 g/mol. The van der Waals surface area contributed by atoms with Crippen LogP contribution in [0.1, 0.15) is 12.2 Å². The number of rotatable bonds is 3. The van der Waals surface area contributed by atoms with Gasteiger partial charge in [0.2, 0.25) is 0 Å². The number of hydrogen-bond donors (Lipinski definition) is 1. The van der Waals surface area contributed by atoms with Gasteiger partial charge in [0.1, 0.15) is 0 Å². The van der Waals surface area contributed by atoms with Crippen molar-refractivity contribution in [1.82, 2.24) is 25.3 Å². The first kappa shape index (κ1) is 13.5. The highest BCUT2D eigenvalue weighted by Crippen LogP contribution is 2.21. The van der Waals surface area contributed by atoms with Crippen LogP contribution in [0.4, 0.5) is 4.79 Å². The molecule has 0 aromatic carbocycles. The van der Waals surface area contributed by atoms with Gasteiger partial charge in [0.05, 0.1) is 0 Å². The maximum absolute atomic E-state index is 11.6. The Morgan fingerprint density at radius 2 is 2.29 bits per heavy atom. The standard InChI is InChI=1S/C14H17N5O2/c1-15-14(20)19-7-4-10(9-19)8-12-17-13(21-18-12)11-2-5-16-6-3-11/h2-3,5-6,10H,4,7-9H2,1H3,(H,15,20). The molecule has 1 N–H and O–H groups in total. The first-order chi connectivity index (χ1) is 10.3. The molecule has 0 bridgehead atoms. The van der Waals surface area contributed by atoms with Gasteiger partial charge in [-0.15, -0.1) is 0 Å². The summed E-state index contributed by atoms with van der Waals surface area (Å²) >= 11 is 0. The molecule has 1 saturated heterocycles. The molecule has 0 saturated carbocycles. The topological polar surface area (TPSA) is 84.2 Å². The lowest BCUT2D eigenvalue weighted by atomic mass is 10.1. The van der Waals surface area contributed by atoms with E-state index in [1.165, 1.54) is 0 Å². The number of amides is 2. The second-order valence-corrected chi connectivity index (χ2v) is 5.11. The van der Waals surface area contributed by atoms with Gasteiger partial charge in [-0.2, -0.15) is 4.98 Å². The minimum atomic E-state index is -0.0249. The zero-order valence-corrected chi connectivity index (χ0v) is 11.8. The first-order valence-corrected chi connectivity index (χ1v) is 6.96. The summed E-state index contributed by atoms with van der Waals surface area (Å²) in [6.45, 7) is 1.51. The van der Waals surface area contributed by atoms with Crippen molar-refractivity contribution in [3.63, 3.8) is 0 Å². The van der Waals surface area contributed by atoms with Crippen molar-refractivity contribution in [2.45, 2.75) is 12.8 Å². The van der Waals surface area contributed by atoms with Gasteiger partial charge in [-0.1, -0.05) is 5.16 Å². The van der Waals surface area contributed by atoms with Crippen molar-refractivity contribution in [3.8, 4) is 11.5 Å². The van der Waals surface area contributed by atoms with E-state index < -0.39 is 0 Å². The van der Waals surface area contributed by atoms with Crippen molar-refractivity contribution in [2.75, 3.05) is 20.1 Å². The molecule has 3 rings (SSSR count). The lowest BCUT2D eigenvalue weighted by Crippen LogP contribution is -2.36. The van der Waals surface area contributed by atoms with Crippen LogP contribution in [0.2, 0.25) is 0 Å². The minimum Gasteiger partial charge on any atom is -0.341 e. The zero-order valence-electron chi connectivity index (χ0n) is 11.8. The number of carbonyl (C=O) groups excluding carboxylic acids is 1. The lowest BCUT2D eigenvalue weighted by molar-refractivity contribution is 0.209. The predicted molar refractivity (Wildman–Crippen MR) is 75.4 cm³/mol. The molecule has 7 heteroatoms. The SMILES string of the molecule is CNC(=O)N1CCC(Cc2noc(-c3ccncc3)n2)C1. The summed E-state index contributed by atoms with van der Waals surface area (Å²) in [5.41, 5.74) is 0.863. The third kappa shape index (κ3) is 3.01. The Kier molecular flexibility index (Phi) is 3.81. The van der Waals surface area contributed by atoms with E-state index in [0.29, 0.717) is 17.6 Å². The molecule has 1 unspecified atom stereocenters. The maximum Gasteiger partial charge on any atom is 0.317 e. The number of nitrogens with zero attached hydrogens (tertiary/aromatic N) is 4. The van der Waals surface area contributed by atoms with Crippen molar-refractivity contribution >= 4 is 6.03 Å². The average Bonchev–Trinajstić information content (AvgIpc) is 3.17. The Labute approximate surface area is 122 Å². The second kappa shape index (κ2) is 5.90. The van der Waals surface area contributed by atoms with Crippen LogP contribution in [0.3, 0.4) is 0 Å². The van der Waals surface area contributed by atoms with Crippen LogP contribution in [0, 0.1) is 5.92 Å². The maximum atomic E-state index is 11.6. The fourth-order valence-electron chi connectivity index (χ4n) is 2.55. The number of hydrogen-bond acceptors (Lipinski definition) is 5. The van der Waals surface area contributed by atoms with Crippen LogP contribution < -0.4 is 5.32 Å². The number of pyridine rings is 1. The molecule has 1 fully saturated rings. The summed E-state index contributed by atoms with van der Waals surface area (Å²) in [5.74, 6) is 1.57. The van der Waals surface area contributed by atoms with Gasteiger partial charge in [-0.25, -0.2) is 4.79 Å². The molecule has 2 aromatic rings. The fraction of sp³-hybridized carbons (Fsp3) is 0.429. The smallest absolute Gasteiger partial charge is 0.317 e. The quantitative estimate of drug-likeness (QED) is 0.920. The molecule has 2 aromatic heterocycles. The third-order valence-corrected chi connectivity index (χ3v) is 3.65. The van der Waals surface area contributed by atoms with Crippen molar-refractivity contribution in [2.24, 2.45) is 5.92 Å². The van der Waals surface area contributed by atoms with E-state index >= 15 is 0 Å². The summed E-state index contributed by atoms with van der Waals surface area (Å²) in [6, 6.07) is 3.64. The molecule has 1 aliphatic rings. The predicted octanol–water partition coefficient (Wildman–Crippen LogP) is 1.34. The fourth-order valence-corrected chi connectivity index (χ4v) is 2.55. The molecule has 0 radical (unpaired) electrons. The van der Waals surface area contributed by atoms with E-state index in [-0.39, 0.29) is 6.03 Å². The number of urea groups is 1. The van der Waals surface area contributed by atoms with E-state index in [1.807, 2.05) is 17.0 Å². The summed E-state index contributed by atoms with van der Waals surface area (Å²) in [4.78, 5) is 21.7. The Morgan fingerprint density at radius 3 is 3.05 bits per heavy atom. The number of aromatic nitrogens is 3. The zero-order chi connectivity index (χ0) is 14.7. The Hall–Kier alpha value is -2.44. The average molecular weight is 287 g/mol. The molecule has 1 aliphatic heterocycles. The highest BCUT2D eigenvalue weighted by Gasteiger charge is 2.27. The van der Waals surface area contributed by atoms with Crippen molar-refractivity contribution in [1.29, 1.82) is 0 Å². The summed E-state index contributed by atoms with van der Waals surface area (Å²) < 4.78 is 5.27. The molecule has 1 atom stereocenters. The third-order valence-electron chi connectivity index (χ3n) is 3.65. The molecule has 3 heterocycles. The van der Waals surface area contributed by atoms with Crippen LogP contribution in [0.25, 0.3) is 11.5 Å². The molecule has 0 spiro atoms. The van der Waals surface area contributed by atoms with Gasteiger partial charge in [0.25, 0.3) is 5.89 Å². The molecule has 21 heavy (non-hydrogen) atoms. The van der Waals surface area contributed by atoms with Crippen LogP contribution in [0.15, 0.2) is 29.0 Å². The van der Waals surface area contributed by atoms with Crippen molar-refractivity contribution in [3.05, 3.63) is 30.4 Å². The number of carbonyl (C=O) groups is 1. The van der Waals surface area contributed by atoms with Gasteiger partial charge < -0.3 is 14.7 Å². The van der Waals surface area contributed by atoms with Crippen LogP contribution >= 0.6 is 0 Å².